The molecule has 1 aliphatic carbocycles. The van der Waals surface area contributed by atoms with Crippen molar-refractivity contribution in [3.05, 3.63) is 46.8 Å². The van der Waals surface area contributed by atoms with Crippen LogP contribution in [0, 0.1) is 12.7 Å². The fourth-order valence-electron chi connectivity index (χ4n) is 2.96. The summed E-state index contributed by atoms with van der Waals surface area (Å²) in [5.74, 6) is 1.55. The zero-order valence-corrected chi connectivity index (χ0v) is 11.6. The maximum Gasteiger partial charge on any atom is 0.128 e. The molecular weight excluding hydrogens is 253 g/mol. The summed E-state index contributed by atoms with van der Waals surface area (Å²) in [5.41, 5.74) is 4.01. The minimum Gasteiger partial charge on any atom is -0.311 e. The molecule has 104 valence electrons. The van der Waals surface area contributed by atoms with Gasteiger partial charge < -0.3 is 9.88 Å². The first-order chi connectivity index (χ1) is 9.74. The number of nitrogens with zero attached hydrogens (tertiary/aromatic N) is 2. The highest BCUT2D eigenvalue weighted by molar-refractivity contribution is 5.42. The number of aromatic nitrogens is 2. The van der Waals surface area contributed by atoms with Crippen LogP contribution < -0.4 is 5.32 Å². The Kier molecular flexibility index (Phi) is 2.67. The van der Waals surface area contributed by atoms with Gasteiger partial charge in [0.05, 0.1) is 5.69 Å². The van der Waals surface area contributed by atoms with E-state index in [1.165, 1.54) is 18.5 Å². The predicted octanol–water partition coefficient (Wildman–Crippen LogP) is 2.84. The molecule has 1 aromatic heterocycles. The van der Waals surface area contributed by atoms with Crippen LogP contribution in [0.5, 0.6) is 0 Å². The van der Waals surface area contributed by atoms with Crippen molar-refractivity contribution in [2.45, 2.75) is 38.6 Å². The van der Waals surface area contributed by atoms with Gasteiger partial charge in [0, 0.05) is 36.8 Å². The third-order valence-electron chi connectivity index (χ3n) is 4.27. The van der Waals surface area contributed by atoms with Crippen molar-refractivity contribution in [1.29, 1.82) is 0 Å². The molecule has 3 nitrogen and oxygen atoms in total. The van der Waals surface area contributed by atoms with Gasteiger partial charge in [0.1, 0.15) is 11.6 Å². The predicted molar refractivity (Wildman–Crippen MR) is 75.6 cm³/mol. The molecule has 1 aliphatic heterocycles. The van der Waals surface area contributed by atoms with Crippen LogP contribution in [0.3, 0.4) is 0 Å². The second kappa shape index (κ2) is 4.42. The molecule has 1 saturated carbocycles. The van der Waals surface area contributed by atoms with Crippen molar-refractivity contribution >= 4 is 0 Å². The lowest BCUT2D eigenvalue weighted by Gasteiger charge is -2.16. The second-order valence-corrected chi connectivity index (χ2v) is 5.83. The Labute approximate surface area is 117 Å². The number of rotatable bonds is 2. The molecule has 0 spiro atoms. The third kappa shape index (κ3) is 1.86. The minimum absolute atomic E-state index is 0.138. The standard InChI is InChI=1S/C16H18FN3/c1-10-2-5-12(8-13(10)17)20-15-6-7-18-9-14(15)19-16(20)11-3-4-11/h2,5,8,11,18H,3-4,6-7,9H2,1H3. The van der Waals surface area contributed by atoms with Crippen molar-refractivity contribution in [2.75, 3.05) is 6.54 Å². The number of nitrogens with one attached hydrogen (secondary N) is 1. The Morgan fingerprint density at radius 1 is 1.35 bits per heavy atom. The maximum atomic E-state index is 13.9. The fraction of sp³-hybridized carbons (Fsp3) is 0.438. The van der Waals surface area contributed by atoms with Crippen LogP contribution in [0.2, 0.25) is 0 Å². The molecule has 1 N–H and O–H groups in total. The Balaban J connectivity index is 1.90. The van der Waals surface area contributed by atoms with Crippen LogP contribution in [0.25, 0.3) is 5.69 Å². The highest BCUT2D eigenvalue weighted by Gasteiger charge is 2.32. The van der Waals surface area contributed by atoms with E-state index >= 15 is 0 Å². The van der Waals surface area contributed by atoms with E-state index in [0.29, 0.717) is 11.5 Å². The van der Waals surface area contributed by atoms with E-state index in [2.05, 4.69) is 9.88 Å². The molecule has 1 fully saturated rings. The van der Waals surface area contributed by atoms with Crippen LogP contribution >= 0.6 is 0 Å². The molecule has 4 heteroatoms. The zero-order valence-electron chi connectivity index (χ0n) is 11.6. The first-order valence-corrected chi connectivity index (χ1v) is 7.31. The first-order valence-electron chi connectivity index (χ1n) is 7.31. The number of imidazole rings is 1. The molecule has 2 aliphatic rings. The van der Waals surface area contributed by atoms with Gasteiger partial charge in [-0.2, -0.15) is 0 Å². The average molecular weight is 271 g/mol. The van der Waals surface area contributed by atoms with Gasteiger partial charge in [-0.1, -0.05) is 6.07 Å². The van der Waals surface area contributed by atoms with Crippen molar-refractivity contribution in [1.82, 2.24) is 14.9 Å². The molecule has 0 amide bonds. The molecule has 0 unspecified atom stereocenters. The molecule has 0 radical (unpaired) electrons. The summed E-state index contributed by atoms with van der Waals surface area (Å²) >= 11 is 0. The van der Waals surface area contributed by atoms with Crippen LogP contribution in [-0.4, -0.2) is 16.1 Å². The zero-order chi connectivity index (χ0) is 13.7. The van der Waals surface area contributed by atoms with Crippen molar-refractivity contribution in [3.63, 3.8) is 0 Å². The van der Waals surface area contributed by atoms with E-state index in [0.717, 1.165) is 36.7 Å². The second-order valence-electron chi connectivity index (χ2n) is 5.83. The van der Waals surface area contributed by atoms with Crippen molar-refractivity contribution in [3.8, 4) is 5.69 Å². The molecule has 4 rings (SSSR count). The number of benzene rings is 1. The van der Waals surface area contributed by atoms with Gasteiger partial charge in [0.2, 0.25) is 0 Å². The minimum atomic E-state index is -0.138. The normalized spacial score (nSPS) is 18.1. The van der Waals surface area contributed by atoms with Crippen molar-refractivity contribution < 1.29 is 4.39 Å². The topological polar surface area (TPSA) is 29.9 Å². The van der Waals surface area contributed by atoms with Crippen molar-refractivity contribution in [2.24, 2.45) is 0 Å². The van der Waals surface area contributed by atoms with E-state index < -0.39 is 0 Å². The van der Waals surface area contributed by atoms with Gasteiger partial charge in [-0.3, -0.25) is 0 Å². The van der Waals surface area contributed by atoms with E-state index in [-0.39, 0.29) is 5.82 Å². The lowest BCUT2D eigenvalue weighted by Crippen LogP contribution is -2.24. The fourth-order valence-corrected chi connectivity index (χ4v) is 2.96. The summed E-state index contributed by atoms with van der Waals surface area (Å²) in [4.78, 5) is 4.82. The van der Waals surface area contributed by atoms with Gasteiger partial charge in [-0.25, -0.2) is 9.37 Å². The summed E-state index contributed by atoms with van der Waals surface area (Å²) in [6, 6.07) is 5.51. The van der Waals surface area contributed by atoms with Gasteiger partial charge >= 0.3 is 0 Å². The summed E-state index contributed by atoms with van der Waals surface area (Å²) < 4.78 is 16.1. The van der Waals surface area contributed by atoms with E-state index in [4.69, 9.17) is 4.98 Å². The van der Waals surface area contributed by atoms with E-state index in [1.807, 2.05) is 12.1 Å². The number of fused-ring (bicyclic) bond motifs is 1. The lowest BCUT2D eigenvalue weighted by atomic mass is 10.1. The molecule has 0 bridgehead atoms. The summed E-state index contributed by atoms with van der Waals surface area (Å²) in [6.07, 6.45) is 3.37. The number of hydrogen-bond donors (Lipinski definition) is 1. The van der Waals surface area contributed by atoms with Gasteiger partial charge in [0.25, 0.3) is 0 Å². The summed E-state index contributed by atoms with van der Waals surface area (Å²) in [5, 5.41) is 3.36. The van der Waals surface area contributed by atoms with Gasteiger partial charge in [-0.05, 0) is 37.5 Å². The average Bonchev–Trinajstić information content (AvgIpc) is 3.23. The molecule has 2 heterocycles. The smallest absolute Gasteiger partial charge is 0.128 e. The quantitative estimate of drug-likeness (QED) is 0.910. The SMILES string of the molecule is Cc1ccc(-n2c(C3CC3)nc3c2CCNC3)cc1F. The highest BCUT2D eigenvalue weighted by Crippen LogP contribution is 2.41. The maximum absolute atomic E-state index is 13.9. The Bertz CT molecular complexity index is 671. The van der Waals surface area contributed by atoms with Crippen LogP contribution in [-0.2, 0) is 13.0 Å². The highest BCUT2D eigenvalue weighted by atomic mass is 19.1. The number of hydrogen-bond acceptors (Lipinski definition) is 2. The Hall–Kier alpha value is -1.68. The largest absolute Gasteiger partial charge is 0.311 e. The monoisotopic (exact) mass is 271 g/mol. The Morgan fingerprint density at radius 3 is 2.95 bits per heavy atom. The van der Waals surface area contributed by atoms with Crippen LogP contribution in [0.4, 0.5) is 4.39 Å². The summed E-state index contributed by atoms with van der Waals surface area (Å²) in [6.45, 7) is 3.60. The van der Waals surface area contributed by atoms with Crippen LogP contribution in [0.15, 0.2) is 18.2 Å². The molecule has 1 aromatic carbocycles. The Morgan fingerprint density at radius 2 is 2.20 bits per heavy atom. The molecule has 20 heavy (non-hydrogen) atoms. The summed E-state index contributed by atoms with van der Waals surface area (Å²) in [7, 11) is 0. The van der Waals surface area contributed by atoms with Gasteiger partial charge in [-0.15, -0.1) is 0 Å². The number of aryl methyl sites for hydroxylation is 1. The van der Waals surface area contributed by atoms with Crippen LogP contribution in [0.1, 0.15) is 41.5 Å². The molecular formula is C16H18FN3. The van der Waals surface area contributed by atoms with E-state index in [9.17, 15) is 4.39 Å². The number of halogens is 1. The molecule has 0 atom stereocenters. The lowest BCUT2D eigenvalue weighted by molar-refractivity contribution is 0.610. The first kappa shape index (κ1) is 12.1. The molecule has 2 aromatic rings. The molecule has 0 saturated heterocycles. The van der Waals surface area contributed by atoms with Gasteiger partial charge in [0.15, 0.2) is 0 Å². The third-order valence-corrected chi connectivity index (χ3v) is 4.27. The van der Waals surface area contributed by atoms with E-state index in [1.54, 1.807) is 13.0 Å².